The Bertz CT molecular complexity index is 1450. The molecule has 0 saturated heterocycles. The Hall–Kier alpha value is -3.14. The van der Waals surface area contributed by atoms with Crippen LogP contribution in [0.1, 0.15) is 31.9 Å². The minimum atomic E-state index is -3.95. The number of carbonyl (C=O) groups is 2. The molecule has 3 rings (SSSR count). The summed E-state index contributed by atoms with van der Waals surface area (Å²) in [6.45, 7) is 4.81. The first-order valence-electron chi connectivity index (χ1n) is 12.5. The number of hydrogen-bond donors (Lipinski definition) is 1. The van der Waals surface area contributed by atoms with E-state index >= 15 is 0 Å². The number of nitrogens with one attached hydrogen (secondary N) is 1. The number of rotatable bonds is 10. The summed E-state index contributed by atoms with van der Waals surface area (Å²) in [6.07, 6.45) is 1.14. The third kappa shape index (κ3) is 8.94. The van der Waals surface area contributed by atoms with Crippen molar-refractivity contribution in [2.24, 2.45) is 0 Å². The molecular formula is C29H32Cl2FN3O4S. The van der Waals surface area contributed by atoms with Gasteiger partial charge in [0.15, 0.2) is 0 Å². The lowest BCUT2D eigenvalue weighted by atomic mass is 10.0. The molecule has 3 aromatic rings. The number of sulfonamides is 1. The van der Waals surface area contributed by atoms with E-state index in [1.807, 2.05) is 51.1 Å². The fourth-order valence-electron chi connectivity index (χ4n) is 4.05. The van der Waals surface area contributed by atoms with E-state index in [-0.39, 0.29) is 28.7 Å². The lowest BCUT2D eigenvalue weighted by molar-refractivity contribution is -0.140. The maximum absolute atomic E-state index is 14.0. The Morgan fingerprint density at radius 1 is 0.925 bits per heavy atom. The summed E-state index contributed by atoms with van der Waals surface area (Å²) in [7, 11) is -3.95. The third-order valence-electron chi connectivity index (χ3n) is 5.91. The van der Waals surface area contributed by atoms with Crippen molar-refractivity contribution in [2.45, 2.75) is 45.3 Å². The summed E-state index contributed by atoms with van der Waals surface area (Å²) < 4.78 is 40.2. The summed E-state index contributed by atoms with van der Waals surface area (Å²) in [5.41, 5.74) is 0.913. The summed E-state index contributed by atoms with van der Waals surface area (Å²) >= 11 is 12.2. The van der Waals surface area contributed by atoms with E-state index in [1.165, 1.54) is 47.4 Å². The van der Waals surface area contributed by atoms with Crippen LogP contribution in [0, 0.1) is 5.82 Å². The predicted molar refractivity (Wildman–Crippen MR) is 157 cm³/mol. The fraction of sp³-hybridized carbons (Fsp3) is 0.310. The van der Waals surface area contributed by atoms with Crippen LogP contribution >= 0.6 is 23.2 Å². The first-order valence-corrected chi connectivity index (χ1v) is 15.1. The third-order valence-corrected chi connectivity index (χ3v) is 7.79. The molecule has 0 saturated carbocycles. The molecule has 40 heavy (non-hydrogen) atoms. The summed E-state index contributed by atoms with van der Waals surface area (Å²) in [6, 6.07) is 18.0. The molecule has 1 atom stereocenters. The molecule has 1 N–H and O–H groups in total. The number of anilines is 1. The maximum atomic E-state index is 14.0. The van der Waals surface area contributed by atoms with E-state index in [4.69, 9.17) is 23.2 Å². The SMILES string of the molecule is CC(C)(C)NC(=O)[C@H](Cc1ccccc1)N(Cc1ccc(F)cc1)C(=O)CN(c1ccc(Cl)c(Cl)c1)S(C)(=O)=O. The average molecular weight is 609 g/mol. The van der Waals surface area contributed by atoms with Crippen LogP contribution in [0.3, 0.4) is 0 Å². The molecule has 0 aliphatic carbocycles. The van der Waals surface area contributed by atoms with Crippen molar-refractivity contribution in [1.82, 2.24) is 10.2 Å². The monoisotopic (exact) mass is 607 g/mol. The highest BCUT2D eigenvalue weighted by molar-refractivity contribution is 7.92. The molecule has 214 valence electrons. The highest BCUT2D eigenvalue weighted by Crippen LogP contribution is 2.29. The van der Waals surface area contributed by atoms with Gasteiger partial charge in [-0.2, -0.15) is 0 Å². The van der Waals surface area contributed by atoms with Gasteiger partial charge >= 0.3 is 0 Å². The first-order chi connectivity index (χ1) is 18.6. The van der Waals surface area contributed by atoms with E-state index in [2.05, 4.69) is 5.32 Å². The van der Waals surface area contributed by atoms with E-state index in [0.717, 1.165) is 16.1 Å². The molecule has 0 aliphatic heterocycles. The molecule has 0 bridgehead atoms. The fourth-order valence-corrected chi connectivity index (χ4v) is 5.18. The van der Waals surface area contributed by atoms with Gasteiger partial charge in [-0.3, -0.25) is 13.9 Å². The Morgan fingerprint density at radius 3 is 2.10 bits per heavy atom. The molecule has 11 heteroatoms. The zero-order chi connectivity index (χ0) is 29.7. The van der Waals surface area contributed by atoms with Crippen LogP contribution in [-0.2, 0) is 32.6 Å². The van der Waals surface area contributed by atoms with E-state index < -0.39 is 45.8 Å². The first kappa shape index (κ1) is 31.4. The quantitative estimate of drug-likeness (QED) is 0.332. The standard InChI is InChI=1S/C29H32Cl2FN3O4S/c1-29(2,3)33-28(37)26(16-20-8-6-5-7-9-20)34(18-21-10-12-22(32)13-11-21)27(36)19-35(40(4,38)39)23-14-15-24(30)25(31)17-23/h5-15,17,26H,16,18-19H2,1-4H3,(H,33,37)/t26-/m0/s1. The van der Waals surface area contributed by atoms with Crippen LogP contribution in [0.4, 0.5) is 10.1 Å². The van der Waals surface area contributed by atoms with Crippen molar-refractivity contribution in [3.05, 3.63) is 99.8 Å². The minimum absolute atomic E-state index is 0.0623. The number of halogens is 3. The van der Waals surface area contributed by atoms with Gasteiger partial charge < -0.3 is 10.2 Å². The molecule has 2 amide bonds. The molecule has 0 unspecified atom stereocenters. The Morgan fingerprint density at radius 2 is 1.55 bits per heavy atom. The second-order valence-corrected chi connectivity index (χ2v) is 13.2. The lowest BCUT2D eigenvalue weighted by Crippen LogP contribution is -2.56. The van der Waals surface area contributed by atoms with Gasteiger partial charge in [0.1, 0.15) is 18.4 Å². The maximum Gasteiger partial charge on any atom is 0.244 e. The van der Waals surface area contributed by atoms with Crippen molar-refractivity contribution in [2.75, 3.05) is 17.1 Å². The van der Waals surface area contributed by atoms with E-state index in [1.54, 1.807) is 0 Å². The van der Waals surface area contributed by atoms with Crippen LogP contribution in [0.25, 0.3) is 0 Å². The van der Waals surface area contributed by atoms with Crippen molar-refractivity contribution in [3.63, 3.8) is 0 Å². The number of benzene rings is 3. The number of amides is 2. The van der Waals surface area contributed by atoms with Gasteiger partial charge in [-0.1, -0.05) is 65.7 Å². The van der Waals surface area contributed by atoms with Gasteiger partial charge in [0, 0.05) is 18.5 Å². The molecule has 7 nitrogen and oxygen atoms in total. The van der Waals surface area contributed by atoms with Crippen molar-refractivity contribution < 1.29 is 22.4 Å². The van der Waals surface area contributed by atoms with Crippen molar-refractivity contribution in [1.29, 1.82) is 0 Å². The molecule has 0 spiro atoms. The van der Waals surface area contributed by atoms with Crippen LogP contribution in [0.5, 0.6) is 0 Å². The largest absolute Gasteiger partial charge is 0.350 e. The zero-order valence-electron chi connectivity index (χ0n) is 22.7. The summed E-state index contributed by atoms with van der Waals surface area (Å²) in [5.74, 6) is -1.49. The van der Waals surface area contributed by atoms with Gasteiger partial charge in [-0.25, -0.2) is 12.8 Å². The second-order valence-electron chi connectivity index (χ2n) is 10.5. The molecule has 0 heterocycles. The summed E-state index contributed by atoms with van der Waals surface area (Å²) in [4.78, 5) is 29.0. The van der Waals surface area contributed by atoms with Crippen LogP contribution in [-0.4, -0.2) is 49.5 Å². The average Bonchev–Trinajstić information content (AvgIpc) is 2.86. The normalized spacial score (nSPS) is 12.5. The second kappa shape index (κ2) is 13.0. The minimum Gasteiger partial charge on any atom is -0.350 e. The Labute approximate surface area is 244 Å². The van der Waals surface area contributed by atoms with Crippen LogP contribution in [0.2, 0.25) is 10.0 Å². The topological polar surface area (TPSA) is 86.8 Å². The van der Waals surface area contributed by atoms with Crippen molar-refractivity contribution in [3.8, 4) is 0 Å². The lowest BCUT2D eigenvalue weighted by Gasteiger charge is -2.35. The Balaban J connectivity index is 2.08. The predicted octanol–water partition coefficient (Wildman–Crippen LogP) is 5.45. The molecule has 0 radical (unpaired) electrons. The van der Waals surface area contributed by atoms with Crippen LogP contribution < -0.4 is 9.62 Å². The van der Waals surface area contributed by atoms with Gasteiger partial charge in [0.05, 0.1) is 22.0 Å². The van der Waals surface area contributed by atoms with Gasteiger partial charge in [-0.15, -0.1) is 0 Å². The molecule has 0 aliphatic rings. The number of nitrogens with zero attached hydrogens (tertiary/aromatic N) is 2. The van der Waals surface area contributed by atoms with Gasteiger partial charge in [0.2, 0.25) is 21.8 Å². The van der Waals surface area contributed by atoms with Crippen molar-refractivity contribution >= 4 is 50.7 Å². The Kier molecular flexibility index (Phi) is 10.2. The molecular weight excluding hydrogens is 576 g/mol. The van der Waals surface area contributed by atoms with Gasteiger partial charge in [0.25, 0.3) is 0 Å². The number of carbonyl (C=O) groups excluding carboxylic acids is 2. The molecule has 0 fully saturated rings. The van der Waals surface area contributed by atoms with Crippen LogP contribution in [0.15, 0.2) is 72.8 Å². The molecule has 3 aromatic carbocycles. The molecule has 0 aromatic heterocycles. The highest BCUT2D eigenvalue weighted by atomic mass is 35.5. The zero-order valence-corrected chi connectivity index (χ0v) is 25.0. The van der Waals surface area contributed by atoms with E-state index in [9.17, 15) is 22.4 Å². The van der Waals surface area contributed by atoms with E-state index in [0.29, 0.717) is 5.56 Å². The number of hydrogen-bond acceptors (Lipinski definition) is 4. The van der Waals surface area contributed by atoms with Gasteiger partial charge in [-0.05, 0) is 62.2 Å². The highest BCUT2D eigenvalue weighted by Gasteiger charge is 2.34. The smallest absolute Gasteiger partial charge is 0.244 e. The summed E-state index contributed by atoms with van der Waals surface area (Å²) in [5, 5.41) is 3.29.